The predicted octanol–water partition coefficient (Wildman–Crippen LogP) is 5.89. The van der Waals surface area contributed by atoms with Gasteiger partial charge >= 0.3 is 5.97 Å². The fourth-order valence-electron chi connectivity index (χ4n) is 2.76. The van der Waals surface area contributed by atoms with Crippen LogP contribution in [-0.2, 0) is 22.6 Å². The van der Waals surface area contributed by atoms with Crippen LogP contribution < -0.4 is 9.16 Å². The Morgan fingerprint density at radius 2 is 1.62 bits per heavy atom. The van der Waals surface area contributed by atoms with Crippen LogP contribution in [0.5, 0.6) is 11.5 Å². The van der Waals surface area contributed by atoms with Crippen molar-refractivity contribution in [2.75, 3.05) is 0 Å². The maximum atomic E-state index is 12.4. The van der Waals surface area contributed by atoms with Crippen molar-refractivity contribution in [3.05, 3.63) is 59.7 Å². The minimum absolute atomic E-state index is 0.0473. The second kappa shape index (κ2) is 10.1. The molecule has 0 bridgehead atoms. The number of carbonyl (C=O) groups excluding carboxylic acids is 1. The SMILES string of the molecule is CC(C)(C)OC(=O)[C@@H](O)Cc1cc(O[Si](C)(C)C(C)(C)C)ccc1OCc1ccccc1. The number of ether oxygens (including phenoxy) is 2. The van der Waals surface area contributed by atoms with E-state index in [9.17, 15) is 9.90 Å². The molecule has 0 aliphatic carbocycles. The molecule has 176 valence electrons. The highest BCUT2D eigenvalue weighted by Crippen LogP contribution is 2.38. The molecule has 0 saturated carbocycles. The first kappa shape index (κ1) is 25.9. The first-order valence-corrected chi connectivity index (χ1v) is 14.0. The van der Waals surface area contributed by atoms with Gasteiger partial charge in [0.2, 0.25) is 8.32 Å². The smallest absolute Gasteiger partial charge is 0.335 e. The second-order valence-electron chi connectivity index (χ2n) is 10.7. The Balaban J connectivity index is 2.28. The van der Waals surface area contributed by atoms with Crippen molar-refractivity contribution < 1.29 is 23.8 Å². The molecule has 0 saturated heterocycles. The molecule has 1 N–H and O–H groups in total. The third-order valence-corrected chi connectivity index (χ3v) is 9.90. The largest absolute Gasteiger partial charge is 0.543 e. The Morgan fingerprint density at radius 3 is 2.19 bits per heavy atom. The van der Waals surface area contributed by atoms with E-state index in [1.165, 1.54) is 0 Å². The van der Waals surface area contributed by atoms with Crippen LogP contribution in [0.15, 0.2) is 48.5 Å². The van der Waals surface area contributed by atoms with Crippen molar-refractivity contribution in [1.82, 2.24) is 0 Å². The lowest BCUT2D eigenvalue weighted by atomic mass is 10.1. The van der Waals surface area contributed by atoms with Crippen LogP contribution in [0.4, 0.5) is 0 Å². The van der Waals surface area contributed by atoms with Gasteiger partial charge in [0, 0.05) is 12.0 Å². The zero-order valence-electron chi connectivity index (χ0n) is 20.7. The third kappa shape index (κ3) is 7.68. The highest BCUT2D eigenvalue weighted by atomic mass is 28.4. The van der Waals surface area contributed by atoms with Crippen molar-refractivity contribution in [1.29, 1.82) is 0 Å². The average molecular weight is 459 g/mol. The highest BCUT2D eigenvalue weighted by molar-refractivity contribution is 6.74. The van der Waals surface area contributed by atoms with Gasteiger partial charge in [0.1, 0.15) is 23.7 Å². The zero-order valence-corrected chi connectivity index (χ0v) is 21.7. The van der Waals surface area contributed by atoms with Gasteiger partial charge in [-0.2, -0.15) is 0 Å². The molecule has 0 aliphatic heterocycles. The molecule has 6 heteroatoms. The maximum Gasteiger partial charge on any atom is 0.335 e. The summed E-state index contributed by atoms with van der Waals surface area (Å²) in [7, 11) is -2.05. The minimum atomic E-state index is -2.05. The number of hydrogen-bond donors (Lipinski definition) is 1. The maximum absolute atomic E-state index is 12.4. The van der Waals surface area contributed by atoms with Gasteiger partial charge in [-0.25, -0.2) is 4.79 Å². The summed E-state index contributed by atoms with van der Waals surface area (Å²) in [5, 5.41) is 10.6. The van der Waals surface area contributed by atoms with E-state index < -0.39 is 26.0 Å². The Bertz CT molecular complexity index is 895. The van der Waals surface area contributed by atoms with Gasteiger partial charge in [-0.05, 0) is 62.7 Å². The van der Waals surface area contributed by atoms with Gasteiger partial charge in [0.15, 0.2) is 6.10 Å². The van der Waals surface area contributed by atoms with Crippen molar-refractivity contribution in [3.63, 3.8) is 0 Å². The summed E-state index contributed by atoms with van der Waals surface area (Å²) in [6.45, 7) is 16.6. The van der Waals surface area contributed by atoms with Crippen molar-refractivity contribution in [2.45, 2.75) is 84.4 Å². The first-order valence-electron chi connectivity index (χ1n) is 11.1. The number of aliphatic hydroxyl groups excluding tert-OH is 1. The highest BCUT2D eigenvalue weighted by Gasteiger charge is 2.39. The number of rotatable bonds is 8. The lowest BCUT2D eigenvalue weighted by molar-refractivity contribution is -0.164. The molecule has 0 aliphatic rings. The van der Waals surface area contributed by atoms with Gasteiger partial charge in [0.25, 0.3) is 0 Å². The summed E-state index contributed by atoms with van der Waals surface area (Å²) < 4.78 is 17.8. The van der Waals surface area contributed by atoms with Gasteiger partial charge in [0.05, 0.1) is 0 Å². The van der Waals surface area contributed by atoms with Crippen LogP contribution in [0.1, 0.15) is 52.7 Å². The van der Waals surface area contributed by atoms with E-state index in [0.29, 0.717) is 17.9 Å². The number of benzene rings is 2. The van der Waals surface area contributed by atoms with E-state index in [-0.39, 0.29) is 11.5 Å². The van der Waals surface area contributed by atoms with Crippen LogP contribution >= 0.6 is 0 Å². The van der Waals surface area contributed by atoms with Gasteiger partial charge in [-0.1, -0.05) is 51.1 Å². The normalized spacial score (nSPS) is 13.4. The Morgan fingerprint density at radius 1 is 1.00 bits per heavy atom. The van der Waals surface area contributed by atoms with E-state index in [4.69, 9.17) is 13.9 Å². The summed E-state index contributed by atoms with van der Waals surface area (Å²) in [6, 6.07) is 15.5. The summed E-state index contributed by atoms with van der Waals surface area (Å²) in [5.41, 5.74) is 1.07. The molecule has 32 heavy (non-hydrogen) atoms. The standard InChI is InChI=1S/C26H38O5Si/c1-25(2,3)30-24(28)22(27)17-20-16-21(31-32(7,8)26(4,5)6)14-15-23(20)29-18-19-12-10-9-11-13-19/h9-16,22,27H,17-18H2,1-8H3/t22-/m0/s1. The molecular weight excluding hydrogens is 420 g/mol. The van der Waals surface area contributed by atoms with E-state index in [1.807, 2.05) is 48.5 Å². The zero-order chi connectivity index (χ0) is 24.2. The summed E-state index contributed by atoms with van der Waals surface area (Å²) in [4.78, 5) is 12.4. The molecule has 0 amide bonds. The minimum Gasteiger partial charge on any atom is -0.543 e. The number of carbonyl (C=O) groups is 1. The summed E-state index contributed by atoms with van der Waals surface area (Å²) in [5.74, 6) is 0.677. The van der Waals surface area contributed by atoms with E-state index in [1.54, 1.807) is 20.8 Å². The van der Waals surface area contributed by atoms with Crippen molar-refractivity contribution >= 4 is 14.3 Å². The Kier molecular flexibility index (Phi) is 8.18. The van der Waals surface area contributed by atoms with Crippen LogP contribution in [0.2, 0.25) is 18.1 Å². The molecule has 0 aromatic heterocycles. The van der Waals surface area contributed by atoms with E-state index in [0.717, 1.165) is 11.3 Å². The molecule has 0 radical (unpaired) electrons. The molecule has 0 fully saturated rings. The van der Waals surface area contributed by atoms with Gasteiger partial charge < -0.3 is 19.0 Å². The van der Waals surface area contributed by atoms with E-state index in [2.05, 4.69) is 33.9 Å². The summed E-state index contributed by atoms with van der Waals surface area (Å²) >= 11 is 0. The fourth-order valence-corrected chi connectivity index (χ4v) is 3.79. The van der Waals surface area contributed by atoms with Crippen molar-refractivity contribution in [2.24, 2.45) is 0 Å². The second-order valence-corrected chi connectivity index (χ2v) is 15.4. The number of esters is 1. The van der Waals surface area contributed by atoms with Gasteiger partial charge in [-0.15, -0.1) is 0 Å². The third-order valence-electron chi connectivity index (χ3n) is 5.54. The fraction of sp³-hybridized carbons (Fsp3) is 0.500. The molecule has 0 spiro atoms. The number of aliphatic hydroxyl groups is 1. The van der Waals surface area contributed by atoms with Crippen LogP contribution in [0, 0.1) is 0 Å². The average Bonchev–Trinajstić information content (AvgIpc) is 2.65. The van der Waals surface area contributed by atoms with Gasteiger partial charge in [-0.3, -0.25) is 0 Å². The van der Waals surface area contributed by atoms with Crippen LogP contribution in [0.25, 0.3) is 0 Å². The quantitative estimate of drug-likeness (QED) is 0.394. The first-order chi connectivity index (χ1) is 14.7. The molecule has 0 unspecified atom stereocenters. The predicted molar refractivity (Wildman–Crippen MR) is 131 cm³/mol. The molecule has 1 atom stereocenters. The lowest BCUT2D eigenvalue weighted by Gasteiger charge is -2.36. The topological polar surface area (TPSA) is 65.0 Å². The molecule has 0 heterocycles. The van der Waals surface area contributed by atoms with Crippen LogP contribution in [-0.4, -0.2) is 31.1 Å². The lowest BCUT2D eigenvalue weighted by Crippen LogP contribution is -2.43. The molecule has 5 nitrogen and oxygen atoms in total. The summed E-state index contributed by atoms with van der Waals surface area (Å²) in [6.07, 6.45) is -1.22. The number of hydrogen-bond acceptors (Lipinski definition) is 5. The monoisotopic (exact) mass is 458 g/mol. The Hall–Kier alpha value is -2.31. The van der Waals surface area contributed by atoms with Crippen molar-refractivity contribution in [3.8, 4) is 11.5 Å². The Labute approximate surface area is 193 Å². The molecule has 2 aromatic rings. The molecule has 2 rings (SSSR count). The molecular formula is C26H38O5Si. The van der Waals surface area contributed by atoms with Crippen LogP contribution in [0.3, 0.4) is 0 Å². The molecule has 2 aromatic carbocycles. The van der Waals surface area contributed by atoms with E-state index >= 15 is 0 Å².